The van der Waals surface area contributed by atoms with Crippen molar-refractivity contribution in [2.45, 2.75) is 39.2 Å². The highest BCUT2D eigenvalue weighted by Gasteiger charge is 2.36. The van der Waals surface area contributed by atoms with E-state index in [1.165, 1.54) is 11.0 Å². The molecule has 2 unspecified atom stereocenters. The van der Waals surface area contributed by atoms with E-state index in [0.29, 0.717) is 12.6 Å². The fraction of sp³-hybridized carbons (Fsp3) is 0.579. The van der Waals surface area contributed by atoms with Crippen LogP contribution in [0.3, 0.4) is 0 Å². The third-order valence-electron chi connectivity index (χ3n) is 5.31. The van der Waals surface area contributed by atoms with Crippen LogP contribution in [0.2, 0.25) is 0 Å². The van der Waals surface area contributed by atoms with Gasteiger partial charge in [0.25, 0.3) is 0 Å². The molecule has 0 aromatic heterocycles. The van der Waals surface area contributed by atoms with Gasteiger partial charge in [-0.3, -0.25) is 14.5 Å². The number of carbonyl (C=O) groups excluding carboxylic acids is 2. The van der Waals surface area contributed by atoms with E-state index < -0.39 is 11.7 Å². The predicted octanol–water partition coefficient (Wildman–Crippen LogP) is 2.09. The first-order chi connectivity index (χ1) is 12.0. The quantitative estimate of drug-likeness (QED) is 0.887. The Morgan fingerprint density at radius 1 is 1.40 bits per heavy atom. The Morgan fingerprint density at radius 2 is 2.20 bits per heavy atom. The first kappa shape index (κ1) is 17.9. The molecule has 2 heterocycles. The molecular weight excluding hydrogens is 321 g/mol. The molecule has 0 saturated carbocycles. The second-order valence-electron chi connectivity index (χ2n) is 7.03. The van der Waals surface area contributed by atoms with Gasteiger partial charge in [0.1, 0.15) is 5.82 Å². The van der Waals surface area contributed by atoms with Crippen molar-refractivity contribution in [3.05, 3.63) is 29.6 Å². The Labute approximate surface area is 148 Å². The molecule has 2 aliphatic rings. The number of halogens is 1. The maximum absolute atomic E-state index is 14.1. The summed E-state index contributed by atoms with van der Waals surface area (Å²) in [4.78, 5) is 28.5. The van der Waals surface area contributed by atoms with E-state index in [0.717, 1.165) is 31.5 Å². The lowest BCUT2D eigenvalue weighted by molar-refractivity contribution is -0.126. The molecule has 2 aliphatic heterocycles. The van der Waals surface area contributed by atoms with Gasteiger partial charge >= 0.3 is 0 Å². The Kier molecular flexibility index (Phi) is 5.37. The van der Waals surface area contributed by atoms with Gasteiger partial charge in [-0.2, -0.15) is 0 Å². The summed E-state index contributed by atoms with van der Waals surface area (Å²) < 4.78 is 14.1. The van der Waals surface area contributed by atoms with Gasteiger partial charge in [0.2, 0.25) is 11.8 Å². The van der Waals surface area contributed by atoms with Crippen LogP contribution >= 0.6 is 0 Å². The Hall–Kier alpha value is -1.95. The normalized spacial score (nSPS) is 24.1. The summed E-state index contributed by atoms with van der Waals surface area (Å²) in [6.45, 7) is 6.87. The van der Waals surface area contributed by atoms with Gasteiger partial charge in [0.15, 0.2) is 0 Å². The topological polar surface area (TPSA) is 52.7 Å². The third kappa shape index (κ3) is 3.84. The van der Waals surface area contributed by atoms with Crippen LogP contribution in [-0.4, -0.2) is 48.9 Å². The largest absolute Gasteiger partial charge is 0.354 e. The second kappa shape index (κ2) is 7.52. The van der Waals surface area contributed by atoms with E-state index in [4.69, 9.17) is 0 Å². The van der Waals surface area contributed by atoms with Crippen molar-refractivity contribution >= 4 is 17.5 Å². The fourth-order valence-corrected chi connectivity index (χ4v) is 3.85. The molecule has 2 fully saturated rings. The number of carbonyl (C=O) groups is 2. The molecule has 6 heteroatoms. The van der Waals surface area contributed by atoms with E-state index in [1.54, 1.807) is 19.1 Å². The number of hydrogen-bond acceptors (Lipinski definition) is 3. The van der Waals surface area contributed by atoms with Crippen LogP contribution in [0.5, 0.6) is 0 Å². The number of rotatable bonds is 5. The number of hydrogen-bond donors (Lipinski definition) is 1. The summed E-state index contributed by atoms with van der Waals surface area (Å²) in [6, 6.07) is 5.19. The first-order valence-corrected chi connectivity index (χ1v) is 9.08. The van der Waals surface area contributed by atoms with Gasteiger partial charge < -0.3 is 10.2 Å². The van der Waals surface area contributed by atoms with Gasteiger partial charge in [0, 0.05) is 25.6 Å². The maximum Gasteiger partial charge on any atom is 0.227 e. The number of likely N-dealkylation sites (N-methyl/N-ethyl adjacent to an activating group) is 1. The van der Waals surface area contributed by atoms with E-state index >= 15 is 0 Å². The van der Waals surface area contributed by atoms with Crippen molar-refractivity contribution in [3.8, 4) is 0 Å². The van der Waals surface area contributed by atoms with Crippen LogP contribution in [-0.2, 0) is 9.59 Å². The predicted molar refractivity (Wildman–Crippen MR) is 94.9 cm³/mol. The SMILES string of the molecule is CCN1CCCC1CNC(=O)C1CC(=O)N(c2ccc(C)cc2F)C1. The molecule has 0 spiro atoms. The molecule has 1 aromatic rings. The van der Waals surface area contributed by atoms with Crippen molar-refractivity contribution in [3.63, 3.8) is 0 Å². The van der Waals surface area contributed by atoms with Crippen molar-refractivity contribution in [1.82, 2.24) is 10.2 Å². The average Bonchev–Trinajstić information content (AvgIpc) is 3.19. The zero-order valence-electron chi connectivity index (χ0n) is 14.9. The van der Waals surface area contributed by atoms with Gasteiger partial charge in [0.05, 0.1) is 11.6 Å². The standard InChI is InChI=1S/C19H26FN3O2/c1-3-22-8-4-5-15(22)11-21-19(25)14-10-18(24)23(12-14)17-7-6-13(2)9-16(17)20/h6-7,9,14-15H,3-5,8,10-12H2,1-2H3,(H,21,25). The number of benzene rings is 1. The number of likely N-dealkylation sites (tertiary alicyclic amines) is 1. The van der Waals surface area contributed by atoms with Crippen molar-refractivity contribution in [2.75, 3.05) is 31.1 Å². The first-order valence-electron chi connectivity index (χ1n) is 9.08. The highest BCUT2D eigenvalue weighted by molar-refractivity contribution is 6.00. The van der Waals surface area contributed by atoms with E-state index in [2.05, 4.69) is 17.1 Å². The third-order valence-corrected chi connectivity index (χ3v) is 5.31. The van der Waals surface area contributed by atoms with Gasteiger partial charge in [-0.05, 0) is 50.6 Å². The minimum absolute atomic E-state index is 0.105. The summed E-state index contributed by atoms with van der Waals surface area (Å²) in [5, 5.41) is 2.99. The maximum atomic E-state index is 14.1. The van der Waals surface area contributed by atoms with Crippen LogP contribution < -0.4 is 10.2 Å². The lowest BCUT2D eigenvalue weighted by atomic mass is 10.1. The lowest BCUT2D eigenvalue weighted by Gasteiger charge is -2.23. The highest BCUT2D eigenvalue weighted by Crippen LogP contribution is 2.28. The lowest BCUT2D eigenvalue weighted by Crippen LogP contribution is -2.42. The smallest absolute Gasteiger partial charge is 0.227 e. The molecule has 5 nitrogen and oxygen atoms in total. The summed E-state index contributed by atoms with van der Waals surface area (Å²) in [5.41, 5.74) is 1.07. The Morgan fingerprint density at radius 3 is 2.92 bits per heavy atom. The van der Waals surface area contributed by atoms with Crippen LogP contribution in [0.25, 0.3) is 0 Å². The summed E-state index contributed by atoms with van der Waals surface area (Å²) in [7, 11) is 0. The Balaban J connectivity index is 1.59. The minimum atomic E-state index is -0.418. The average molecular weight is 347 g/mol. The van der Waals surface area contributed by atoms with Crippen molar-refractivity contribution < 1.29 is 14.0 Å². The second-order valence-corrected chi connectivity index (χ2v) is 7.03. The number of amides is 2. The fourth-order valence-electron chi connectivity index (χ4n) is 3.85. The molecule has 2 saturated heterocycles. The molecule has 0 radical (unpaired) electrons. The molecule has 136 valence electrons. The summed E-state index contributed by atoms with van der Waals surface area (Å²) >= 11 is 0. The molecule has 0 aliphatic carbocycles. The Bertz CT molecular complexity index is 664. The summed E-state index contributed by atoms with van der Waals surface area (Å²) in [5.74, 6) is -1.13. The highest BCUT2D eigenvalue weighted by atomic mass is 19.1. The van der Waals surface area contributed by atoms with Crippen molar-refractivity contribution in [2.24, 2.45) is 5.92 Å². The summed E-state index contributed by atoms with van der Waals surface area (Å²) in [6.07, 6.45) is 2.40. The number of anilines is 1. The zero-order valence-corrected chi connectivity index (χ0v) is 14.9. The monoisotopic (exact) mass is 347 g/mol. The number of nitrogens with one attached hydrogen (secondary N) is 1. The number of aryl methyl sites for hydroxylation is 1. The molecule has 1 N–H and O–H groups in total. The molecule has 0 bridgehead atoms. The van der Waals surface area contributed by atoms with E-state index in [9.17, 15) is 14.0 Å². The number of nitrogens with zero attached hydrogens (tertiary/aromatic N) is 2. The van der Waals surface area contributed by atoms with Gasteiger partial charge in [-0.15, -0.1) is 0 Å². The molecular formula is C19H26FN3O2. The van der Waals surface area contributed by atoms with Gasteiger partial charge in [-0.25, -0.2) is 4.39 Å². The van der Waals surface area contributed by atoms with Crippen LogP contribution in [0.4, 0.5) is 10.1 Å². The van der Waals surface area contributed by atoms with Crippen LogP contribution in [0.15, 0.2) is 18.2 Å². The van der Waals surface area contributed by atoms with E-state index in [1.807, 2.05) is 0 Å². The molecule has 25 heavy (non-hydrogen) atoms. The molecule has 2 amide bonds. The van der Waals surface area contributed by atoms with Gasteiger partial charge in [-0.1, -0.05) is 13.0 Å². The minimum Gasteiger partial charge on any atom is -0.354 e. The zero-order chi connectivity index (χ0) is 18.0. The van der Waals surface area contributed by atoms with Crippen LogP contribution in [0, 0.1) is 18.7 Å². The molecule has 2 atom stereocenters. The van der Waals surface area contributed by atoms with Crippen LogP contribution in [0.1, 0.15) is 31.7 Å². The molecule has 3 rings (SSSR count). The van der Waals surface area contributed by atoms with Crippen molar-refractivity contribution in [1.29, 1.82) is 0 Å². The van der Waals surface area contributed by atoms with E-state index in [-0.39, 0.29) is 30.5 Å². The molecule has 1 aromatic carbocycles.